The highest BCUT2D eigenvalue weighted by Crippen LogP contribution is 2.12. The summed E-state index contributed by atoms with van der Waals surface area (Å²) in [4.78, 5) is 14.3. The predicted molar refractivity (Wildman–Crippen MR) is 54.2 cm³/mol. The van der Waals surface area contributed by atoms with Gasteiger partial charge in [-0.15, -0.1) is 0 Å². The molecule has 0 spiro atoms. The summed E-state index contributed by atoms with van der Waals surface area (Å²) in [6, 6.07) is 4.03. The molecule has 7 nitrogen and oxygen atoms in total. The number of carboxylic acids is 1. The number of anilines is 1. The van der Waals surface area contributed by atoms with E-state index in [0.717, 1.165) is 0 Å². The zero-order valence-electron chi connectivity index (χ0n) is 7.91. The van der Waals surface area contributed by atoms with Crippen molar-refractivity contribution in [3.8, 4) is 6.07 Å². The Morgan fingerprint density at radius 3 is 2.88 bits per heavy atom. The van der Waals surface area contributed by atoms with Gasteiger partial charge in [0.2, 0.25) is 10.0 Å². The number of carbonyl (C=O) groups is 1. The summed E-state index contributed by atoms with van der Waals surface area (Å²) < 4.78 is 24.3. The van der Waals surface area contributed by atoms with Crippen LogP contribution in [0.3, 0.4) is 0 Å². The topological polar surface area (TPSA) is 120 Å². The lowest BCUT2D eigenvalue weighted by Crippen LogP contribution is -2.18. The van der Waals surface area contributed by atoms with Crippen LogP contribution < -0.4 is 4.72 Å². The Labute approximate surface area is 91.4 Å². The maximum absolute atomic E-state index is 11.2. The van der Waals surface area contributed by atoms with Crippen molar-refractivity contribution in [2.24, 2.45) is 0 Å². The van der Waals surface area contributed by atoms with Crippen LogP contribution in [-0.4, -0.2) is 30.2 Å². The highest BCUT2D eigenvalue weighted by molar-refractivity contribution is 7.92. The van der Waals surface area contributed by atoms with Crippen molar-refractivity contribution in [3.63, 3.8) is 0 Å². The fraction of sp³-hybridized carbons (Fsp3) is 0.125. The third kappa shape index (κ3) is 2.93. The van der Waals surface area contributed by atoms with Gasteiger partial charge in [-0.3, -0.25) is 4.72 Å². The molecule has 0 amide bonds. The van der Waals surface area contributed by atoms with Crippen molar-refractivity contribution in [1.29, 1.82) is 5.26 Å². The van der Waals surface area contributed by atoms with Gasteiger partial charge in [0, 0.05) is 6.20 Å². The molecule has 8 heteroatoms. The lowest BCUT2D eigenvalue weighted by atomic mass is 10.3. The van der Waals surface area contributed by atoms with E-state index in [0.29, 0.717) is 0 Å². The molecule has 1 aromatic rings. The second kappa shape index (κ2) is 4.59. The van der Waals surface area contributed by atoms with E-state index in [1.54, 1.807) is 0 Å². The van der Waals surface area contributed by atoms with Gasteiger partial charge in [-0.25, -0.2) is 18.2 Å². The summed E-state index contributed by atoms with van der Waals surface area (Å²) in [6.45, 7) is 0. The molecule has 0 aliphatic carbocycles. The Hall–Kier alpha value is -2.14. The van der Waals surface area contributed by atoms with Gasteiger partial charge in [0.1, 0.15) is 5.56 Å². The number of sulfonamides is 1. The third-order valence-corrected chi connectivity index (χ3v) is 2.56. The molecular formula is C8H7N3O4S. The van der Waals surface area contributed by atoms with E-state index in [2.05, 4.69) is 4.98 Å². The maximum Gasteiger partial charge on any atom is 0.339 e. The largest absolute Gasteiger partial charge is 0.478 e. The minimum atomic E-state index is -3.88. The van der Waals surface area contributed by atoms with Gasteiger partial charge in [0.05, 0.1) is 6.07 Å². The minimum absolute atomic E-state index is 0.274. The Bertz CT molecular complexity index is 547. The van der Waals surface area contributed by atoms with Crippen LogP contribution in [-0.2, 0) is 10.0 Å². The normalized spacial score (nSPS) is 10.4. The van der Waals surface area contributed by atoms with E-state index < -0.39 is 21.7 Å². The number of carboxylic acid groups (broad SMARTS) is 1. The van der Waals surface area contributed by atoms with Gasteiger partial charge in [-0.1, -0.05) is 0 Å². The minimum Gasteiger partial charge on any atom is -0.478 e. The number of hydrogen-bond donors (Lipinski definition) is 2. The molecule has 0 saturated carbocycles. The molecule has 0 fully saturated rings. The molecule has 1 aromatic heterocycles. The first-order chi connectivity index (χ1) is 7.46. The molecule has 0 atom stereocenters. The summed E-state index contributed by atoms with van der Waals surface area (Å²) in [6.07, 6.45) is 1.25. The van der Waals surface area contributed by atoms with Gasteiger partial charge in [-0.05, 0) is 12.1 Å². The van der Waals surface area contributed by atoms with Crippen LogP contribution in [0.2, 0.25) is 0 Å². The zero-order chi connectivity index (χ0) is 12.2. The zero-order valence-corrected chi connectivity index (χ0v) is 8.73. The molecule has 0 radical (unpaired) electrons. The summed E-state index contributed by atoms with van der Waals surface area (Å²) in [7, 11) is -3.88. The van der Waals surface area contributed by atoms with E-state index in [1.165, 1.54) is 24.4 Å². The maximum atomic E-state index is 11.2. The number of nitrogens with zero attached hydrogens (tertiary/aromatic N) is 2. The molecular weight excluding hydrogens is 234 g/mol. The first kappa shape index (κ1) is 11.9. The Morgan fingerprint density at radius 1 is 1.62 bits per heavy atom. The first-order valence-electron chi connectivity index (χ1n) is 4.02. The van der Waals surface area contributed by atoms with Crippen molar-refractivity contribution in [3.05, 3.63) is 23.9 Å². The van der Waals surface area contributed by atoms with Crippen molar-refractivity contribution in [2.45, 2.75) is 0 Å². The molecule has 1 heterocycles. The summed E-state index contributed by atoms with van der Waals surface area (Å²) in [5, 5.41) is 17.0. The van der Waals surface area contributed by atoms with Crippen molar-refractivity contribution in [1.82, 2.24) is 4.98 Å². The third-order valence-electron chi connectivity index (χ3n) is 1.54. The summed E-state index contributed by atoms with van der Waals surface area (Å²) in [5.41, 5.74) is -0.274. The molecule has 0 aromatic carbocycles. The van der Waals surface area contributed by atoms with Gasteiger partial charge < -0.3 is 5.11 Å². The average Bonchev–Trinajstić information content (AvgIpc) is 2.17. The van der Waals surface area contributed by atoms with Crippen LogP contribution in [0.1, 0.15) is 10.4 Å². The molecule has 2 N–H and O–H groups in total. The number of nitrogens with one attached hydrogen (secondary N) is 1. The second-order valence-electron chi connectivity index (χ2n) is 2.72. The van der Waals surface area contributed by atoms with Crippen LogP contribution >= 0.6 is 0 Å². The number of rotatable bonds is 4. The van der Waals surface area contributed by atoms with Crippen LogP contribution in [0.15, 0.2) is 18.3 Å². The highest BCUT2D eigenvalue weighted by Gasteiger charge is 2.16. The number of nitriles is 1. The molecule has 0 unspecified atom stereocenters. The van der Waals surface area contributed by atoms with Crippen molar-refractivity contribution >= 4 is 21.8 Å². The van der Waals surface area contributed by atoms with Crippen LogP contribution in [0.25, 0.3) is 0 Å². The van der Waals surface area contributed by atoms with E-state index in [4.69, 9.17) is 10.4 Å². The number of hydrogen-bond acceptors (Lipinski definition) is 5. The van der Waals surface area contributed by atoms with Crippen LogP contribution in [0, 0.1) is 11.3 Å². The van der Waals surface area contributed by atoms with Crippen LogP contribution in [0.4, 0.5) is 5.82 Å². The molecule has 0 aliphatic rings. The number of aromatic nitrogens is 1. The fourth-order valence-electron chi connectivity index (χ4n) is 0.928. The smallest absolute Gasteiger partial charge is 0.339 e. The SMILES string of the molecule is N#CCS(=O)(=O)Nc1ncccc1C(=O)O. The van der Waals surface area contributed by atoms with E-state index >= 15 is 0 Å². The highest BCUT2D eigenvalue weighted by atomic mass is 32.2. The molecule has 1 rings (SSSR count). The molecule has 84 valence electrons. The quantitative estimate of drug-likeness (QED) is 0.768. The van der Waals surface area contributed by atoms with Gasteiger partial charge in [-0.2, -0.15) is 5.26 Å². The standard InChI is InChI=1S/C8H7N3O4S/c9-3-5-16(14,15)11-7-6(8(12)13)2-1-4-10-7/h1-2,4H,5H2,(H,10,11)(H,12,13). The van der Waals surface area contributed by atoms with E-state index in [9.17, 15) is 13.2 Å². The number of aromatic carboxylic acids is 1. The second-order valence-corrected chi connectivity index (χ2v) is 4.45. The summed E-state index contributed by atoms with van der Waals surface area (Å²) in [5.74, 6) is -2.36. The monoisotopic (exact) mass is 241 g/mol. The van der Waals surface area contributed by atoms with Gasteiger partial charge in [0.25, 0.3) is 0 Å². The fourth-order valence-corrected chi connectivity index (χ4v) is 1.63. The number of pyridine rings is 1. The molecule has 0 bridgehead atoms. The lowest BCUT2D eigenvalue weighted by molar-refractivity contribution is 0.0697. The molecule has 16 heavy (non-hydrogen) atoms. The first-order valence-corrected chi connectivity index (χ1v) is 5.67. The predicted octanol–water partition coefficient (Wildman–Crippen LogP) is 0.0451. The van der Waals surface area contributed by atoms with E-state index in [-0.39, 0.29) is 11.4 Å². The summed E-state index contributed by atoms with van der Waals surface area (Å²) >= 11 is 0. The average molecular weight is 241 g/mol. The van der Waals surface area contributed by atoms with Gasteiger partial charge >= 0.3 is 5.97 Å². The molecule has 0 aliphatic heterocycles. The van der Waals surface area contributed by atoms with Crippen LogP contribution in [0.5, 0.6) is 0 Å². The van der Waals surface area contributed by atoms with Gasteiger partial charge in [0.15, 0.2) is 11.6 Å². The molecule has 0 saturated heterocycles. The lowest BCUT2D eigenvalue weighted by Gasteiger charge is -2.06. The Balaban J connectivity index is 3.08. The Morgan fingerprint density at radius 2 is 2.31 bits per heavy atom. The van der Waals surface area contributed by atoms with Crippen molar-refractivity contribution < 1.29 is 18.3 Å². The van der Waals surface area contributed by atoms with E-state index in [1.807, 2.05) is 4.72 Å². The Kier molecular flexibility index (Phi) is 3.42. The van der Waals surface area contributed by atoms with Crippen molar-refractivity contribution in [2.75, 3.05) is 10.5 Å².